The first kappa shape index (κ1) is 29.3. The summed E-state index contributed by atoms with van der Waals surface area (Å²) >= 11 is 0. The molecule has 0 spiro atoms. The molecule has 0 fully saturated rings. The van der Waals surface area contributed by atoms with Crippen LogP contribution in [0.25, 0.3) is 0 Å². The first-order valence-corrected chi connectivity index (χ1v) is 13.5. The van der Waals surface area contributed by atoms with Gasteiger partial charge in [-0.2, -0.15) is 0 Å². The van der Waals surface area contributed by atoms with E-state index in [0.29, 0.717) is 31.8 Å². The number of fused-ring (bicyclic) bond motifs is 2. The Kier molecular flexibility index (Phi) is 12.1. The molecule has 0 radical (unpaired) electrons. The molecule has 3 heterocycles. The van der Waals surface area contributed by atoms with E-state index >= 15 is 0 Å². The molecule has 0 aromatic carbocycles. The Hall–Kier alpha value is -2.25. The first-order valence-electron chi connectivity index (χ1n) is 13.5. The molecule has 0 aromatic heterocycles. The highest BCUT2D eigenvalue weighted by Gasteiger charge is 2.24. The second-order valence-electron chi connectivity index (χ2n) is 10.5. The molecule has 0 saturated carbocycles. The van der Waals surface area contributed by atoms with Crippen LogP contribution in [0.3, 0.4) is 0 Å². The number of cyclic esters (lactones) is 1. The van der Waals surface area contributed by atoms with Crippen LogP contribution in [0, 0.1) is 5.92 Å². The summed E-state index contributed by atoms with van der Waals surface area (Å²) in [6.45, 7) is 9.08. The van der Waals surface area contributed by atoms with E-state index < -0.39 is 24.3 Å². The minimum atomic E-state index is -0.644. The zero-order chi connectivity index (χ0) is 26.6. The molecule has 0 amide bonds. The number of carbonyl (C=O) groups excluding carboxylic acids is 1. The summed E-state index contributed by atoms with van der Waals surface area (Å²) in [5.41, 5.74) is 2.31. The van der Waals surface area contributed by atoms with Crippen molar-refractivity contribution in [2.75, 3.05) is 13.7 Å². The molecule has 0 aliphatic carbocycles. The number of methoxy groups -OCH3 is 1. The van der Waals surface area contributed by atoms with Gasteiger partial charge >= 0.3 is 5.97 Å². The van der Waals surface area contributed by atoms with E-state index in [1.165, 1.54) is 11.6 Å². The van der Waals surface area contributed by atoms with Gasteiger partial charge in [0.15, 0.2) is 0 Å². The van der Waals surface area contributed by atoms with Gasteiger partial charge in [-0.3, -0.25) is 0 Å². The van der Waals surface area contributed by atoms with E-state index in [-0.39, 0.29) is 18.3 Å². The number of rotatable bonds is 4. The summed E-state index contributed by atoms with van der Waals surface area (Å²) < 4.78 is 23.6. The quantitative estimate of drug-likeness (QED) is 0.393. The second-order valence-corrected chi connectivity index (χ2v) is 10.5. The summed E-state index contributed by atoms with van der Waals surface area (Å²) in [5, 5.41) is 10.6. The summed E-state index contributed by atoms with van der Waals surface area (Å²) in [6.07, 6.45) is 20.5. The van der Waals surface area contributed by atoms with Gasteiger partial charge in [-0.05, 0) is 51.4 Å². The van der Waals surface area contributed by atoms with Crippen LogP contribution in [-0.2, 0) is 23.7 Å². The zero-order valence-corrected chi connectivity index (χ0v) is 22.6. The minimum absolute atomic E-state index is 0.0319. The summed E-state index contributed by atoms with van der Waals surface area (Å²) in [6, 6.07) is 0. The number of hydrogen-bond donors (Lipinski definition) is 1. The Morgan fingerprint density at radius 3 is 2.73 bits per heavy atom. The Labute approximate surface area is 222 Å². The second kappa shape index (κ2) is 15.2. The van der Waals surface area contributed by atoms with Crippen LogP contribution in [0.5, 0.6) is 0 Å². The van der Waals surface area contributed by atoms with Gasteiger partial charge in [-0.1, -0.05) is 73.3 Å². The van der Waals surface area contributed by atoms with Gasteiger partial charge in [0, 0.05) is 19.6 Å². The van der Waals surface area contributed by atoms with Crippen molar-refractivity contribution in [3.05, 3.63) is 72.4 Å². The largest absolute Gasteiger partial charge is 0.456 e. The minimum Gasteiger partial charge on any atom is -0.456 e. The van der Waals surface area contributed by atoms with Crippen molar-refractivity contribution in [1.82, 2.24) is 0 Å². The predicted octanol–water partition coefficient (Wildman–Crippen LogP) is 5.55. The van der Waals surface area contributed by atoms with E-state index in [2.05, 4.69) is 38.7 Å². The Balaban J connectivity index is 1.73. The van der Waals surface area contributed by atoms with Gasteiger partial charge < -0.3 is 24.1 Å². The molecule has 7 atom stereocenters. The molecule has 2 bridgehead atoms. The Bertz CT molecular complexity index is 897. The maximum atomic E-state index is 12.7. The number of esters is 1. The monoisotopic (exact) mass is 512 g/mol. The fraction of sp³-hybridized carbons (Fsp3) is 0.581. The zero-order valence-electron chi connectivity index (χ0n) is 22.6. The van der Waals surface area contributed by atoms with Crippen molar-refractivity contribution in [2.24, 2.45) is 5.92 Å². The molecule has 204 valence electrons. The van der Waals surface area contributed by atoms with Gasteiger partial charge in [0.2, 0.25) is 0 Å². The van der Waals surface area contributed by atoms with E-state index in [1.807, 2.05) is 24.3 Å². The summed E-state index contributed by atoms with van der Waals surface area (Å²) in [5.74, 6) is -0.0159. The SMILES string of the molecule is C=C1CC(C)C[C@@H]2CC=C[C@@H](C/C=C\C(=O)O[C@H]([C@H](/C=C/[C@@H]3CC(C)=CCO3)OC)C/C=C/[C@@H](O)C1)O2. The van der Waals surface area contributed by atoms with E-state index in [9.17, 15) is 9.90 Å². The molecule has 3 rings (SSSR count). The number of aliphatic hydroxyl groups excluding tert-OH is 1. The van der Waals surface area contributed by atoms with Gasteiger partial charge in [0.05, 0.1) is 31.0 Å². The van der Waals surface area contributed by atoms with Crippen LogP contribution in [0.4, 0.5) is 0 Å². The van der Waals surface area contributed by atoms with Crippen molar-refractivity contribution >= 4 is 5.97 Å². The molecular weight excluding hydrogens is 468 g/mol. The molecule has 0 saturated heterocycles. The van der Waals surface area contributed by atoms with Crippen molar-refractivity contribution in [1.29, 1.82) is 0 Å². The Morgan fingerprint density at radius 1 is 1.14 bits per heavy atom. The van der Waals surface area contributed by atoms with Crippen molar-refractivity contribution in [3.63, 3.8) is 0 Å². The third-order valence-corrected chi connectivity index (χ3v) is 6.95. The summed E-state index contributed by atoms with van der Waals surface area (Å²) in [7, 11) is 1.60. The Morgan fingerprint density at radius 2 is 1.95 bits per heavy atom. The van der Waals surface area contributed by atoms with E-state index in [4.69, 9.17) is 18.9 Å². The lowest BCUT2D eigenvalue weighted by atomic mass is 9.91. The maximum Gasteiger partial charge on any atom is 0.330 e. The molecule has 6 nitrogen and oxygen atoms in total. The normalized spacial score (nSPS) is 35.2. The van der Waals surface area contributed by atoms with Crippen LogP contribution in [0.15, 0.2) is 72.4 Å². The fourth-order valence-corrected chi connectivity index (χ4v) is 5.08. The highest BCUT2D eigenvalue weighted by molar-refractivity contribution is 5.82. The average molecular weight is 513 g/mol. The van der Waals surface area contributed by atoms with Crippen LogP contribution >= 0.6 is 0 Å². The molecule has 3 aliphatic rings. The molecule has 1 N–H and O–H groups in total. The van der Waals surface area contributed by atoms with Gasteiger partial charge in [0.1, 0.15) is 12.2 Å². The van der Waals surface area contributed by atoms with Gasteiger partial charge in [-0.15, -0.1) is 0 Å². The number of aliphatic hydroxyl groups is 1. The average Bonchev–Trinajstić information content (AvgIpc) is 2.83. The van der Waals surface area contributed by atoms with Crippen molar-refractivity contribution in [3.8, 4) is 0 Å². The van der Waals surface area contributed by atoms with Crippen LogP contribution in [-0.4, -0.2) is 61.4 Å². The van der Waals surface area contributed by atoms with Crippen LogP contribution in [0.2, 0.25) is 0 Å². The van der Waals surface area contributed by atoms with Gasteiger partial charge in [0.25, 0.3) is 0 Å². The lowest BCUT2D eigenvalue weighted by Crippen LogP contribution is -2.31. The predicted molar refractivity (Wildman–Crippen MR) is 146 cm³/mol. The van der Waals surface area contributed by atoms with Crippen molar-refractivity contribution < 1.29 is 28.8 Å². The molecule has 6 heteroatoms. The third-order valence-electron chi connectivity index (χ3n) is 6.95. The smallest absolute Gasteiger partial charge is 0.330 e. The number of hydrogen-bond acceptors (Lipinski definition) is 6. The van der Waals surface area contributed by atoms with E-state index in [0.717, 1.165) is 31.3 Å². The topological polar surface area (TPSA) is 74.2 Å². The highest BCUT2D eigenvalue weighted by atomic mass is 16.6. The fourth-order valence-electron chi connectivity index (χ4n) is 5.08. The van der Waals surface area contributed by atoms with Gasteiger partial charge in [-0.25, -0.2) is 4.79 Å². The van der Waals surface area contributed by atoms with E-state index in [1.54, 1.807) is 13.2 Å². The number of carbonyl (C=O) groups is 1. The lowest BCUT2D eigenvalue weighted by Gasteiger charge is -2.28. The highest BCUT2D eigenvalue weighted by Crippen LogP contribution is 2.26. The lowest BCUT2D eigenvalue weighted by molar-refractivity contribution is -0.148. The molecule has 37 heavy (non-hydrogen) atoms. The maximum absolute atomic E-state index is 12.7. The van der Waals surface area contributed by atoms with Crippen molar-refractivity contribution in [2.45, 2.75) is 95.4 Å². The molecule has 0 aromatic rings. The molecule has 3 aliphatic heterocycles. The third kappa shape index (κ3) is 10.6. The summed E-state index contributed by atoms with van der Waals surface area (Å²) in [4.78, 5) is 12.7. The number of ether oxygens (including phenoxy) is 4. The standard InChI is InChI=1S/C31H44O6/c1-22-16-17-35-27(20-22)14-15-29(34-4)30-12-5-8-25(32)19-23(2)18-24(3)21-28-11-6-9-26(36-28)10-7-13-31(33)37-30/h5-9,13-16,24-30,32H,2,10-12,17-21H2,1,3-4H3/b8-5+,13-7-,15-14+/t24?,25-,26+,27-,28+,29+,30+/m1/s1. The first-order chi connectivity index (χ1) is 17.8. The van der Waals surface area contributed by atoms with Crippen LogP contribution in [0.1, 0.15) is 58.8 Å². The molecule has 1 unspecified atom stereocenters. The van der Waals surface area contributed by atoms with Crippen LogP contribution < -0.4 is 0 Å². The molecular formula is C31H44O6.